The van der Waals surface area contributed by atoms with Crippen LogP contribution in [0.3, 0.4) is 0 Å². The van der Waals surface area contributed by atoms with Crippen LogP contribution in [-0.4, -0.2) is 23.3 Å². The van der Waals surface area contributed by atoms with Crippen molar-refractivity contribution in [1.29, 1.82) is 0 Å². The summed E-state index contributed by atoms with van der Waals surface area (Å²) in [5, 5.41) is 0. The predicted octanol–water partition coefficient (Wildman–Crippen LogP) is 1.15. The number of hydrogen-bond donors (Lipinski definition) is 1. The van der Waals surface area contributed by atoms with Gasteiger partial charge in [0.05, 0.1) is 0 Å². The number of primary amides is 1. The van der Waals surface area contributed by atoms with Gasteiger partial charge in [0, 0.05) is 12.5 Å². The zero-order valence-electron chi connectivity index (χ0n) is 10.4. The lowest BCUT2D eigenvalue weighted by Crippen LogP contribution is -2.46. The van der Waals surface area contributed by atoms with Gasteiger partial charge in [-0.2, -0.15) is 0 Å². The molecule has 1 saturated carbocycles. The second kappa shape index (κ2) is 4.33. The molecule has 2 amide bonds. The molecule has 1 unspecified atom stereocenters. The van der Waals surface area contributed by atoms with E-state index in [9.17, 15) is 14.0 Å². The van der Waals surface area contributed by atoms with Crippen molar-refractivity contribution >= 4 is 11.8 Å². The van der Waals surface area contributed by atoms with Gasteiger partial charge < -0.3 is 10.6 Å². The van der Waals surface area contributed by atoms with Crippen molar-refractivity contribution in [3.63, 3.8) is 0 Å². The fourth-order valence-electron chi connectivity index (χ4n) is 2.70. The third-order valence-electron chi connectivity index (χ3n) is 3.81. The molecule has 1 atom stereocenters. The van der Waals surface area contributed by atoms with Crippen LogP contribution in [0.25, 0.3) is 0 Å². The van der Waals surface area contributed by atoms with Gasteiger partial charge in [0.1, 0.15) is 11.9 Å². The molecular formula is C14H15FN2O2. The molecule has 3 rings (SSSR count). The standard InChI is InChI=1S/C14H15FN2O2/c15-10-3-4-11-9(7-10)5-6-17(12(11)13(16)18)14(19)8-1-2-8/h3-4,7-8,12H,1-2,5-6H2,(H2,16,18). The second-order valence-corrected chi connectivity index (χ2v) is 5.20. The summed E-state index contributed by atoms with van der Waals surface area (Å²) in [5.41, 5.74) is 6.87. The molecule has 1 fully saturated rings. The molecule has 1 aromatic rings. The number of nitrogens with zero attached hydrogens (tertiary/aromatic N) is 1. The molecule has 0 aromatic heterocycles. The summed E-state index contributed by atoms with van der Waals surface area (Å²) in [6.45, 7) is 0.430. The van der Waals surface area contributed by atoms with Gasteiger partial charge in [0.25, 0.3) is 0 Å². The number of hydrogen-bond acceptors (Lipinski definition) is 2. The summed E-state index contributed by atoms with van der Waals surface area (Å²) in [6, 6.07) is 3.54. The van der Waals surface area contributed by atoms with Gasteiger partial charge >= 0.3 is 0 Å². The van der Waals surface area contributed by atoms with Crippen molar-refractivity contribution in [2.24, 2.45) is 11.7 Å². The van der Waals surface area contributed by atoms with Crippen molar-refractivity contribution < 1.29 is 14.0 Å². The van der Waals surface area contributed by atoms with E-state index < -0.39 is 11.9 Å². The van der Waals surface area contributed by atoms with E-state index in [0.29, 0.717) is 18.5 Å². The van der Waals surface area contributed by atoms with Crippen LogP contribution in [0.1, 0.15) is 30.0 Å². The predicted molar refractivity (Wildman–Crippen MR) is 66.5 cm³/mol. The largest absolute Gasteiger partial charge is 0.368 e. The van der Waals surface area contributed by atoms with Crippen LogP contribution in [0.2, 0.25) is 0 Å². The Morgan fingerprint density at radius 1 is 1.32 bits per heavy atom. The first-order valence-electron chi connectivity index (χ1n) is 6.46. The number of rotatable bonds is 2. The number of carbonyl (C=O) groups is 2. The number of fused-ring (bicyclic) bond motifs is 1. The van der Waals surface area contributed by atoms with E-state index in [1.807, 2.05) is 0 Å². The summed E-state index contributed by atoms with van der Waals surface area (Å²) < 4.78 is 13.2. The number of halogens is 1. The van der Waals surface area contributed by atoms with Crippen LogP contribution < -0.4 is 5.73 Å². The van der Waals surface area contributed by atoms with Gasteiger partial charge in [-0.05, 0) is 42.5 Å². The SMILES string of the molecule is NC(=O)C1c2ccc(F)cc2CCN1C(=O)C1CC1. The highest BCUT2D eigenvalue weighted by Crippen LogP contribution is 2.37. The normalized spacial score (nSPS) is 21.9. The fraction of sp³-hybridized carbons (Fsp3) is 0.429. The molecule has 0 radical (unpaired) electrons. The van der Waals surface area contributed by atoms with Crippen LogP contribution in [0.5, 0.6) is 0 Å². The third kappa shape index (κ3) is 2.09. The molecule has 1 aromatic carbocycles. The lowest BCUT2D eigenvalue weighted by Gasteiger charge is -2.35. The highest BCUT2D eigenvalue weighted by molar-refractivity contribution is 5.90. The van der Waals surface area contributed by atoms with Crippen LogP contribution in [-0.2, 0) is 16.0 Å². The Hall–Kier alpha value is -1.91. The maximum atomic E-state index is 13.2. The molecular weight excluding hydrogens is 247 g/mol. The van der Waals surface area contributed by atoms with E-state index >= 15 is 0 Å². The van der Waals surface area contributed by atoms with E-state index in [2.05, 4.69) is 0 Å². The quantitative estimate of drug-likeness (QED) is 0.869. The van der Waals surface area contributed by atoms with Gasteiger partial charge in [-0.3, -0.25) is 9.59 Å². The van der Waals surface area contributed by atoms with Crippen molar-refractivity contribution in [3.05, 3.63) is 35.1 Å². The number of benzene rings is 1. The smallest absolute Gasteiger partial charge is 0.244 e. The molecule has 1 heterocycles. The maximum Gasteiger partial charge on any atom is 0.244 e. The fourth-order valence-corrected chi connectivity index (χ4v) is 2.70. The van der Waals surface area contributed by atoms with E-state index in [4.69, 9.17) is 5.73 Å². The first kappa shape index (κ1) is 12.1. The number of amides is 2. The Labute approximate surface area is 110 Å². The molecule has 1 aliphatic heterocycles. The van der Waals surface area contributed by atoms with Crippen molar-refractivity contribution in [2.75, 3.05) is 6.54 Å². The minimum Gasteiger partial charge on any atom is -0.368 e. The van der Waals surface area contributed by atoms with E-state index in [1.165, 1.54) is 12.1 Å². The first-order valence-corrected chi connectivity index (χ1v) is 6.46. The first-order chi connectivity index (χ1) is 9.08. The summed E-state index contributed by atoms with van der Waals surface area (Å²) >= 11 is 0. The van der Waals surface area contributed by atoms with Gasteiger partial charge in [-0.15, -0.1) is 0 Å². The minimum atomic E-state index is -0.752. The minimum absolute atomic E-state index is 0.00113. The highest BCUT2D eigenvalue weighted by Gasteiger charge is 2.40. The van der Waals surface area contributed by atoms with E-state index in [-0.39, 0.29) is 17.6 Å². The topological polar surface area (TPSA) is 63.4 Å². The van der Waals surface area contributed by atoms with E-state index in [0.717, 1.165) is 18.4 Å². The van der Waals surface area contributed by atoms with Crippen LogP contribution >= 0.6 is 0 Å². The summed E-state index contributed by atoms with van der Waals surface area (Å²) in [4.78, 5) is 25.4. The Kier molecular flexibility index (Phi) is 2.77. The molecule has 0 saturated heterocycles. The Morgan fingerprint density at radius 3 is 2.68 bits per heavy atom. The lowest BCUT2D eigenvalue weighted by molar-refractivity contribution is -0.141. The Morgan fingerprint density at radius 2 is 2.05 bits per heavy atom. The van der Waals surface area contributed by atoms with Gasteiger partial charge in [0.15, 0.2) is 0 Å². The van der Waals surface area contributed by atoms with Gasteiger partial charge in [-0.1, -0.05) is 6.07 Å². The zero-order chi connectivity index (χ0) is 13.6. The second-order valence-electron chi connectivity index (χ2n) is 5.20. The lowest BCUT2D eigenvalue weighted by atomic mass is 9.91. The van der Waals surface area contributed by atoms with Crippen molar-refractivity contribution in [2.45, 2.75) is 25.3 Å². The van der Waals surface area contributed by atoms with Crippen LogP contribution in [0.15, 0.2) is 18.2 Å². The van der Waals surface area contributed by atoms with Crippen molar-refractivity contribution in [1.82, 2.24) is 4.90 Å². The monoisotopic (exact) mass is 262 g/mol. The molecule has 2 N–H and O–H groups in total. The maximum absolute atomic E-state index is 13.2. The molecule has 0 spiro atoms. The zero-order valence-corrected chi connectivity index (χ0v) is 10.4. The molecule has 1 aliphatic carbocycles. The van der Waals surface area contributed by atoms with Crippen LogP contribution in [0, 0.1) is 11.7 Å². The van der Waals surface area contributed by atoms with Gasteiger partial charge in [0.2, 0.25) is 11.8 Å². The van der Waals surface area contributed by atoms with Gasteiger partial charge in [-0.25, -0.2) is 4.39 Å². The number of carbonyl (C=O) groups excluding carboxylic acids is 2. The molecule has 4 nitrogen and oxygen atoms in total. The van der Waals surface area contributed by atoms with Crippen molar-refractivity contribution in [3.8, 4) is 0 Å². The Balaban J connectivity index is 1.99. The summed E-state index contributed by atoms with van der Waals surface area (Å²) in [7, 11) is 0. The Bertz CT molecular complexity index is 554. The molecule has 100 valence electrons. The van der Waals surface area contributed by atoms with Crippen LogP contribution in [0.4, 0.5) is 4.39 Å². The summed E-state index contributed by atoms with van der Waals surface area (Å²) in [6.07, 6.45) is 2.34. The molecule has 0 bridgehead atoms. The summed E-state index contributed by atoms with van der Waals surface area (Å²) in [5.74, 6) is -0.840. The average molecular weight is 262 g/mol. The molecule has 19 heavy (non-hydrogen) atoms. The third-order valence-corrected chi connectivity index (χ3v) is 3.81. The average Bonchev–Trinajstić information content (AvgIpc) is 3.20. The van der Waals surface area contributed by atoms with E-state index in [1.54, 1.807) is 11.0 Å². The highest BCUT2D eigenvalue weighted by atomic mass is 19.1. The molecule has 2 aliphatic rings. The molecule has 5 heteroatoms. The number of nitrogens with two attached hydrogens (primary N) is 1.